The zero-order chi connectivity index (χ0) is 35.2. The van der Waals surface area contributed by atoms with E-state index in [0.29, 0.717) is 6.07 Å². The molecule has 0 saturated carbocycles. The van der Waals surface area contributed by atoms with Crippen LogP contribution >= 0.6 is 0 Å². The van der Waals surface area contributed by atoms with Gasteiger partial charge in [0.25, 0.3) is 5.91 Å². The van der Waals surface area contributed by atoms with Gasteiger partial charge in [0.15, 0.2) is 29.0 Å². The van der Waals surface area contributed by atoms with E-state index < -0.39 is 65.2 Å². The van der Waals surface area contributed by atoms with Crippen molar-refractivity contribution >= 4 is 18.0 Å². The molecule has 15 heteroatoms. The molecule has 0 radical (unpaired) electrons. The average Bonchev–Trinajstić information content (AvgIpc) is 3.45. The number of carbonyl (C=O) groups is 3. The Labute approximate surface area is 271 Å². The zero-order valence-corrected chi connectivity index (χ0v) is 26.1. The van der Waals surface area contributed by atoms with Gasteiger partial charge in [-0.2, -0.15) is 8.78 Å². The van der Waals surface area contributed by atoms with E-state index in [1.165, 1.54) is 25.1 Å². The maximum absolute atomic E-state index is 14.5. The van der Waals surface area contributed by atoms with Crippen LogP contribution in [0.2, 0.25) is 0 Å². The van der Waals surface area contributed by atoms with Crippen molar-refractivity contribution in [2.24, 2.45) is 0 Å². The molecule has 2 atom stereocenters. The number of carboxylic acid groups (broad SMARTS) is 1. The molecule has 2 unspecified atom stereocenters. The van der Waals surface area contributed by atoms with E-state index in [-0.39, 0.29) is 35.3 Å². The van der Waals surface area contributed by atoms with E-state index in [1.807, 2.05) is 0 Å². The Bertz CT molecular complexity index is 1780. The lowest BCUT2D eigenvalue weighted by Gasteiger charge is -2.21. The number of hydrogen-bond acceptors (Lipinski definition) is 8. The summed E-state index contributed by atoms with van der Waals surface area (Å²) in [5, 5.41) is 14.4. The first-order valence-corrected chi connectivity index (χ1v) is 14.4. The van der Waals surface area contributed by atoms with Crippen LogP contribution in [-0.2, 0) is 16.1 Å². The Morgan fingerprint density at radius 3 is 2.29 bits per heavy atom. The van der Waals surface area contributed by atoms with Gasteiger partial charge in [-0.3, -0.25) is 4.79 Å². The molecule has 3 aromatic carbocycles. The van der Waals surface area contributed by atoms with E-state index in [4.69, 9.17) is 13.9 Å². The predicted molar refractivity (Wildman–Crippen MR) is 161 cm³/mol. The number of halogens is 4. The van der Waals surface area contributed by atoms with Crippen molar-refractivity contribution < 1.29 is 55.7 Å². The molecule has 0 saturated heterocycles. The second-order valence-corrected chi connectivity index (χ2v) is 11.3. The summed E-state index contributed by atoms with van der Waals surface area (Å²) in [7, 11) is 0. The minimum atomic E-state index is -3.17. The second kappa shape index (κ2) is 14.9. The highest BCUT2D eigenvalue weighted by Gasteiger charge is 2.32. The maximum atomic E-state index is 14.5. The van der Waals surface area contributed by atoms with Crippen LogP contribution in [0.3, 0.4) is 0 Å². The first-order chi connectivity index (χ1) is 22.6. The summed E-state index contributed by atoms with van der Waals surface area (Å²) < 4.78 is 75.9. The van der Waals surface area contributed by atoms with Crippen LogP contribution < -0.4 is 20.1 Å². The molecular formula is C33H31F4N3O8. The van der Waals surface area contributed by atoms with Gasteiger partial charge < -0.3 is 34.4 Å². The molecule has 0 aliphatic carbocycles. The maximum Gasteiger partial charge on any atom is 0.408 e. The molecule has 0 aliphatic heterocycles. The third-order valence-corrected chi connectivity index (χ3v) is 6.43. The summed E-state index contributed by atoms with van der Waals surface area (Å²) in [6.45, 7) is 3.10. The van der Waals surface area contributed by atoms with Gasteiger partial charge in [0.2, 0.25) is 5.89 Å². The number of aliphatic carboxylic acids is 1. The van der Waals surface area contributed by atoms with Crippen LogP contribution in [0.5, 0.6) is 11.5 Å². The molecule has 11 nitrogen and oxygen atoms in total. The summed E-state index contributed by atoms with van der Waals surface area (Å²) in [6, 6.07) is 11.6. The Morgan fingerprint density at radius 2 is 1.67 bits per heavy atom. The van der Waals surface area contributed by atoms with Crippen molar-refractivity contribution in [2.75, 3.05) is 0 Å². The molecule has 254 valence electrons. The van der Waals surface area contributed by atoms with Crippen molar-refractivity contribution in [3.05, 3.63) is 101 Å². The molecule has 2 amide bonds. The summed E-state index contributed by atoms with van der Waals surface area (Å²) >= 11 is 0. The SMILES string of the molecule is CC(NC(=O)OC(C)(C)C)c1oc(-c2ccc(OC(F)F)c(OCc3ccccc3)c2)nc1C(=O)NC(C(=O)O)c1ccc(F)cc1F. The fourth-order valence-electron chi connectivity index (χ4n) is 4.35. The first kappa shape index (κ1) is 35.3. The number of carbonyl (C=O) groups excluding carboxylic acids is 2. The monoisotopic (exact) mass is 673 g/mol. The number of rotatable bonds is 12. The van der Waals surface area contributed by atoms with E-state index in [2.05, 4.69) is 20.4 Å². The van der Waals surface area contributed by atoms with Crippen LogP contribution in [0.4, 0.5) is 22.4 Å². The van der Waals surface area contributed by atoms with Crippen molar-refractivity contribution in [1.29, 1.82) is 0 Å². The van der Waals surface area contributed by atoms with E-state index in [0.717, 1.165) is 17.7 Å². The standard InChI is InChI=1S/C33H31F4N3O8/c1-17(38-32(44)48-33(2,3)4)27-26(28(41)39-25(30(42)43)21-12-11-20(34)15-22(21)35)40-29(47-27)19-10-13-23(46-31(36)37)24(14-19)45-16-18-8-6-5-7-9-18/h5-15,17,25,31H,16H2,1-4H3,(H,38,44)(H,39,41)(H,42,43). The molecule has 48 heavy (non-hydrogen) atoms. The highest BCUT2D eigenvalue weighted by molar-refractivity contribution is 5.96. The highest BCUT2D eigenvalue weighted by atomic mass is 19.3. The Morgan fingerprint density at radius 1 is 0.958 bits per heavy atom. The number of nitrogens with one attached hydrogen (secondary N) is 2. The number of ether oxygens (including phenoxy) is 3. The van der Waals surface area contributed by atoms with Crippen molar-refractivity contribution in [3.63, 3.8) is 0 Å². The highest BCUT2D eigenvalue weighted by Crippen LogP contribution is 2.36. The number of alkyl halides is 2. The largest absolute Gasteiger partial charge is 0.485 e. The Kier molecular flexibility index (Phi) is 10.9. The predicted octanol–water partition coefficient (Wildman–Crippen LogP) is 6.94. The molecule has 0 bridgehead atoms. The van der Waals surface area contributed by atoms with Crippen LogP contribution in [-0.4, -0.2) is 40.3 Å². The van der Waals surface area contributed by atoms with Gasteiger partial charge in [0.05, 0.1) is 6.04 Å². The topological polar surface area (TPSA) is 149 Å². The number of oxazole rings is 1. The molecule has 0 fully saturated rings. The number of amides is 2. The third kappa shape index (κ3) is 9.24. The van der Waals surface area contributed by atoms with Crippen molar-refractivity contribution in [1.82, 2.24) is 15.6 Å². The van der Waals surface area contributed by atoms with E-state index >= 15 is 0 Å². The molecule has 0 spiro atoms. The molecule has 0 aliphatic rings. The van der Waals surface area contributed by atoms with Gasteiger partial charge in [-0.1, -0.05) is 36.4 Å². The average molecular weight is 674 g/mol. The number of carboxylic acids is 1. The van der Waals surface area contributed by atoms with Gasteiger partial charge in [-0.15, -0.1) is 0 Å². The summed E-state index contributed by atoms with van der Waals surface area (Å²) in [5.41, 5.74) is -1.11. The minimum absolute atomic E-state index is 0.0260. The number of nitrogens with zero attached hydrogens (tertiary/aromatic N) is 1. The Balaban J connectivity index is 1.74. The molecule has 1 heterocycles. The Hall–Kier alpha value is -5.60. The van der Waals surface area contributed by atoms with Crippen LogP contribution in [0.1, 0.15) is 67.2 Å². The number of hydrogen-bond donors (Lipinski definition) is 3. The lowest BCUT2D eigenvalue weighted by molar-refractivity contribution is -0.139. The molecular weight excluding hydrogens is 642 g/mol. The summed E-state index contributed by atoms with van der Waals surface area (Å²) in [6.07, 6.45) is -0.888. The fourth-order valence-corrected chi connectivity index (χ4v) is 4.35. The molecule has 4 aromatic rings. The van der Waals surface area contributed by atoms with Crippen LogP contribution in [0.25, 0.3) is 11.5 Å². The number of aromatic nitrogens is 1. The molecule has 3 N–H and O–H groups in total. The fraction of sp³-hybridized carbons (Fsp3) is 0.273. The van der Waals surface area contributed by atoms with E-state index in [1.54, 1.807) is 51.1 Å². The summed E-state index contributed by atoms with van der Waals surface area (Å²) in [5.74, 6) is -5.98. The van der Waals surface area contributed by atoms with Gasteiger partial charge >= 0.3 is 18.7 Å². The quantitative estimate of drug-likeness (QED) is 0.136. The lowest BCUT2D eigenvalue weighted by atomic mass is 10.1. The first-order valence-electron chi connectivity index (χ1n) is 14.4. The third-order valence-electron chi connectivity index (χ3n) is 6.43. The van der Waals surface area contributed by atoms with Crippen molar-refractivity contribution in [2.45, 2.75) is 58.6 Å². The zero-order valence-electron chi connectivity index (χ0n) is 26.1. The number of alkyl carbamates (subject to hydrolysis) is 1. The van der Waals surface area contributed by atoms with Gasteiger partial charge in [-0.25, -0.2) is 23.4 Å². The van der Waals surface area contributed by atoms with E-state index in [9.17, 15) is 37.1 Å². The normalized spacial score (nSPS) is 12.6. The summed E-state index contributed by atoms with van der Waals surface area (Å²) in [4.78, 5) is 42.4. The van der Waals surface area contributed by atoms with Crippen LogP contribution in [0.15, 0.2) is 71.1 Å². The minimum Gasteiger partial charge on any atom is -0.485 e. The van der Waals surface area contributed by atoms with Crippen molar-refractivity contribution in [3.8, 4) is 23.0 Å². The number of benzene rings is 3. The molecule has 4 rings (SSSR count). The van der Waals surface area contributed by atoms with Gasteiger partial charge in [-0.05, 0) is 57.5 Å². The van der Waals surface area contributed by atoms with Gasteiger partial charge in [0, 0.05) is 17.2 Å². The van der Waals surface area contributed by atoms with Crippen LogP contribution in [0, 0.1) is 11.6 Å². The lowest BCUT2D eigenvalue weighted by Crippen LogP contribution is -2.37. The smallest absolute Gasteiger partial charge is 0.408 e. The van der Waals surface area contributed by atoms with Gasteiger partial charge in [0.1, 0.15) is 23.8 Å². The molecule has 1 aromatic heterocycles. The second-order valence-electron chi connectivity index (χ2n) is 11.3.